The summed E-state index contributed by atoms with van der Waals surface area (Å²) in [6.45, 7) is 4.19. The second-order valence-electron chi connectivity index (χ2n) is 4.64. The number of rotatable bonds is 5. The zero-order valence-corrected chi connectivity index (χ0v) is 13.6. The van der Waals surface area contributed by atoms with Crippen LogP contribution in [-0.2, 0) is 6.42 Å². The van der Waals surface area contributed by atoms with Crippen molar-refractivity contribution in [3.05, 3.63) is 40.1 Å². The fourth-order valence-corrected chi connectivity index (χ4v) is 2.14. The first-order chi connectivity index (χ1) is 9.62. The van der Waals surface area contributed by atoms with E-state index in [9.17, 15) is 0 Å². The average Bonchev–Trinajstić information content (AvgIpc) is 2.43. The van der Waals surface area contributed by atoms with E-state index in [1.807, 2.05) is 25.2 Å². The highest BCUT2D eigenvalue weighted by atomic mass is 79.9. The molecule has 20 heavy (non-hydrogen) atoms. The Morgan fingerprint density at radius 1 is 1.15 bits per heavy atom. The van der Waals surface area contributed by atoms with Crippen molar-refractivity contribution in [2.45, 2.75) is 26.7 Å². The number of nitrogens with zero attached hydrogens (tertiary/aromatic N) is 2. The summed E-state index contributed by atoms with van der Waals surface area (Å²) in [5.41, 5.74) is 2.21. The molecule has 0 aliphatic carbocycles. The molecular weight excluding hydrogens is 316 g/mol. The Morgan fingerprint density at radius 3 is 2.55 bits per heavy atom. The van der Waals surface area contributed by atoms with Crippen LogP contribution in [0.1, 0.15) is 24.7 Å². The number of benzene rings is 1. The summed E-state index contributed by atoms with van der Waals surface area (Å²) in [6, 6.07) is 8.06. The molecular formula is C15H19BrN4. The second kappa shape index (κ2) is 6.70. The molecule has 0 bridgehead atoms. The molecule has 0 saturated heterocycles. The lowest BCUT2D eigenvalue weighted by molar-refractivity contribution is 0.838. The quantitative estimate of drug-likeness (QED) is 0.856. The van der Waals surface area contributed by atoms with E-state index in [4.69, 9.17) is 0 Å². The van der Waals surface area contributed by atoms with E-state index in [1.165, 1.54) is 5.56 Å². The van der Waals surface area contributed by atoms with Gasteiger partial charge in [-0.2, -0.15) is 0 Å². The second-order valence-corrected chi connectivity index (χ2v) is 5.50. The van der Waals surface area contributed by atoms with E-state index in [0.29, 0.717) is 0 Å². The fourth-order valence-electron chi connectivity index (χ4n) is 1.89. The largest absolute Gasteiger partial charge is 0.373 e. The van der Waals surface area contributed by atoms with Crippen LogP contribution in [-0.4, -0.2) is 17.0 Å². The molecule has 0 amide bonds. The topological polar surface area (TPSA) is 49.8 Å². The summed E-state index contributed by atoms with van der Waals surface area (Å²) in [6.07, 6.45) is 1.91. The highest BCUT2D eigenvalue weighted by Crippen LogP contribution is 2.23. The predicted octanol–water partition coefficient (Wildman–Crippen LogP) is 4.29. The SMILES string of the molecule is CCCc1nc(NC)cc(Nc2ccc(Br)c(C)c2)n1. The number of anilines is 3. The zero-order chi connectivity index (χ0) is 14.5. The predicted molar refractivity (Wildman–Crippen MR) is 87.7 cm³/mol. The van der Waals surface area contributed by atoms with Gasteiger partial charge in [0.05, 0.1) is 0 Å². The van der Waals surface area contributed by atoms with Gasteiger partial charge in [-0.05, 0) is 37.1 Å². The number of aromatic nitrogens is 2. The molecule has 2 rings (SSSR count). The molecule has 1 aromatic carbocycles. The summed E-state index contributed by atoms with van der Waals surface area (Å²) in [7, 11) is 1.87. The third kappa shape index (κ3) is 3.70. The Bertz CT molecular complexity index is 598. The van der Waals surface area contributed by atoms with Gasteiger partial charge in [0.15, 0.2) is 0 Å². The van der Waals surface area contributed by atoms with Crippen LogP contribution < -0.4 is 10.6 Å². The fraction of sp³-hybridized carbons (Fsp3) is 0.333. The lowest BCUT2D eigenvalue weighted by Gasteiger charge is -2.10. The molecule has 0 fully saturated rings. The maximum atomic E-state index is 4.54. The number of hydrogen-bond donors (Lipinski definition) is 2. The van der Waals surface area contributed by atoms with Gasteiger partial charge in [0.25, 0.3) is 0 Å². The zero-order valence-electron chi connectivity index (χ0n) is 12.0. The molecule has 0 spiro atoms. The highest BCUT2D eigenvalue weighted by Gasteiger charge is 2.04. The van der Waals surface area contributed by atoms with E-state index < -0.39 is 0 Å². The lowest BCUT2D eigenvalue weighted by atomic mass is 10.2. The molecule has 2 aromatic rings. The van der Waals surface area contributed by atoms with Gasteiger partial charge in [-0.3, -0.25) is 0 Å². The van der Waals surface area contributed by atoms with Crippen molar-refractivity contribution in [1.29, 1.82) is 0 Å². The molecule has 1 aromatic heterocycles. The standard InChI is InChI=1S/C15H19BrN4/c1-4-5-13-19-14(17-3)9-15(20-13)18-11-6-7-12(16)10(2)8-11/h6-9H,4-5H2,1-3H3,(H2,17,18,19,20). The van der Waals surface area contributed by atoms with Crippen molar-refractivity contribution < 1.29 is 0 Å². The number of aryl methyl sites for hydroxylation is 2. The first-order valence-corrected chi connectivity index (χ1v) is 7.50. The first-order valence-electron chi connectivity index (χ1n) is 6.71. The molecule has 0 aliphatic rings. The maximum absolute atomic E-state index is 4.54. The van der Waals surface area contributed by atoms with E-state index >= 15 is 0 Å². The average molecular weight is 335 g/mol. The van der Waals surface area contributed by atoms with Crippen molar-refractivity contribution in [3.63, 3.8) is 0 Å². The molecule has 2 N–H and O–H groups in total. The molecule has 106 valence electrons. The Balaban J connectivity index is 2.27. The molecule has 4 nitrogen and oxygen atoms in total. The van der Waals surface area contributed by atoms with Crippen LogP contribution in [0.5, 0.6) is 0 Å². The normalized spacial score (nSPS) is 10.4. The van der Waals surface area contributed by atoms with E-state index in [2.05, 4.69) is 56.4 Å². The van der Waals surface area contributed by atoms with Gasteiger partial charge in [0.2, 0.25) is 0 Å². The van der Waals surface area contributed by atoms with Crippen LogP contribution >= 0.6 is 15.9 Å². The van der Waals surface area contributed by atoms with Crippen LogP contribution in [0.2, 0.25) is 0 Å². The Morgan fingerprint density at radius 2 is 1.90 bits per heavy atom. The minimum atomic E-state index is 0.814. The molecule has 5 heteroatoms. The van der Waals surface area contributed by atoms with Gasteiger partial charge in [-0.15, -0.1) is 0 Å². The van der Waals surface area contributed by atoms with Crippen LogP contribution in [0.15, 0.2) is 28.7 Å². The van der Waals surface area contributed by atoms with E-state index in [0.717, 1.165) is 40.5 Å². The van der Waals surface area contributed by atoms with Crippen LogP contribution in [0.3, 0.4) is 0 Å². The van der Waals surface area contributed by atoms with Crippen LogP contribution in [0, 0.1) is 6.92 Å². The Kier molecular flexibility index (Phi) is 4.95. The summed E-state index contributed by atoms with van der Waals surface area (Å²) >= 11 is 3.51. The van der Waals surface area contributed by atoms with Gasteiger partial charge in [0.1, 0.15) is 17.5 Å². The first kappa shape index (κ1) is 14.8. The minimum absolute atomic E-state index is 0.814. The summed E-state index contributed by atoms with van der Waals surface area (Å²) < 4.78 is 1.10. The smallest absolute Gasteiger partial charge is 0.136 e. The van der Waals surface area contributed by atoms with Crippen molar-refractivity contribution in [1.82, 2.24) is 9.97 Å². The molecule has 0 radical (unpaired) electrons. The summed E-state index contributed by atoms with van der Waals surface area (Å²) in [5, 5.41) is 6.41. The van der Waals surface area contributed by atoms with Crippen LogP contribution in [0.25, 0.3) is 0 Å². The van der Waals surface area contributed by atoms with Crippen molar-refractivity contribution in [3.8, 4) is 0 Å². The number of hydrogen-bond acceptors (Lipinski definition) is 4. The number of nitrogens with one attached hydrogen (secondary N) is 2. The highest BCUT2D eigenvalue weighted by molar-refractivity contribution is 9.10. The summed E-state index contributed by atoms with van der Waals surface area (Å²) in [5.74, 6) is 2.50. The summed E-state index contributed by atoms with van der Waals surface area (Å²) in [4.78, 5) is 8.99. The third-order valence-electron chi connectivity index (χ3n) is 2.93. The Hall–Kier alpha value is -1.62. The monoisotopic (exact) mass is 334 g/mol. The van der Waals surface area contributed by atoms with Gasteiger partial charge in [-0.25, -0.2) is 9.97 Å². The van der Waals surface area contributed by atoms with Gasteiger partial charge < -0.3 is 10.6 Å². The van der Waals surface area contributed by atoms with Crippen LogP contribution in [0.4, 0.5) is 17.3 Å². The van der Waals surface area contributed by atoms with Crippen molar-refractivity contribution >= 4 is 33.3 Å². The van der Waals surface area contributed by atoms with E-state index in [1.54, 1.807) is 0 Å². The maximum Gasteiger partial charge on any atom is 0.136 e. The minimum Gasteiger partial charge on any atom is -0.373 e. The molecule has 0 unspecified atom stereocenters. The van der Waals surface area contributed by atoms with Gasteiger partial charge >= 0.3 is 0 Å². The molecule has 0 atom stereocenters. The van der Waals surface area contributed by atoms with Crippen molar-refractivity contribution in [2.75, 3.05) is 17.7 Å². The lowest BCUT2D eigenvalue weighted by Crippen LogP contribution is -2.03. The van der Waals surface area contributed by atoms with Gasteiger partial charge in [-0.1, -0.05) is 22.9 Å². The molecule has 0 aliphatic heterocycles. The van der Waals surface area contributed by atoms with E-state index in [-0.39, 0.29) is 0 Å². The molecule has 1 heterocycles. The molecule has 0 saturated carbocycles. The number of halogens is 1. The Labute approximate surface area is 128 Å². The van der Waals surface area contributed by atoms with Crippen molar-refractivity contribution in [2.24, 2.45) is 0 Å². The third-order valence-corrected chi connectivity index (χ3v) is 3.82. The van der Waals surface area contributed by atoms with Gasteiger partial charge in [0, 0.05) is 29.7 Å².